The Kier molecular flexibility index (Phi) is 5.07. The number of benzene rings is 2. The summed E-state index contributed by atoms with van der Waals surface area (Å²) in [5.74, 6) is 0. The fourth-order valence-electron chi connectivity index (χ4n) is 3.62. The molecule has 1 aliphatic rings. The van der Waals surface area contributed by atoms with E-state index < -0.39 is 27.3 Å². The van der Waals surface area contributed by atoms with Crippen molar-refractivity contribution >= 4 is 47.6 Å². The van der Waals surface area contributed by atoms with E-state index in [1.807, 2.05) is 35.7 Å². The predicted molar refractivity (Wildman–Crippen MR) is 109 cm³/mol. The molecule has 1 aliphatic heterocycles. The molecule has 2 aromatic carbocycles. The van der Waals surface area contributed by atoms with Gasteiger partial charge in [-0.3, -0.25) is 0 Å². The summed E-state index contributed by atoms with van der Waals surface area (Å²) in [5.41, 5.74) is 7.18. The van der Waals surface area contributed by atoms with Crippen LogP contribution in [0.5, 0.6) is 0 Å². The molecule has 0 fully saturated rings. The van der Waals surface area contributed by atoms with Gasteiger partial charge in [-0.15, -0.1) is 0 Å². The van der Waals surface area contributed by atoms with Crippen LogP contribution in [-0.4, -0.2) is 25.7 Å². The van der Waals surface area contributed by atoms with Gasteiger partial charge in [0.1, 0.15) is 0 Å². The number of fused-ring (bicyclic) bond motifs is 1. The molecule has 7 heteroatoms. The Morgan fingerprint density at radius 1 is 0.960 bits per heavy atom. The number of sulfonamides is 1. The fraction of sp³-hybridized carbons (Fsp3) is 0.333. The number of nitrogens with two attached hydrogens (primary N) is 1. The number of nitrogens with zero attached hydrogens (tertiary/aromatic N) is 1. The third-order valence-electron chi connectivity index (χ3n) is 4.77. The first kappa shape index (κ1) is 18.9. The average molecular weight is 483 g/mol. The first-order valence-electron chi connectivity index (χ1n) is 8.41. The number of rotatable bonds is 4. The van der Waals surface area contributed by atoms with Gasteiger partial charge in [-0.05, 0) is 0 Å². The number of para-hydroxylation sites is 2. The van der Waals surface area contributed by atoms with E-state index in [0.29, 0.717) is 13.6 Å². The van der Waals surface area contributed by atoms with Gasteiger partial charge in [-0.1, -0.05) is 0 Å². The Morgan fingerprint density at radius 2 is 1.52 bits per heavy atom. The number of nitrogen functional groups attached to an aromatic ring is 1. The van der Waals surface area contributed by atoms with Gasteiger partial charge in [0.25, 0.3) is 0 Å². The fourth-order valence-corrected chi connectivity index (χ4v) is 34.5. The van der Waals surface area contributed by atoms with E-state index in [-0.39, 0.29) is 4.90 Å². The SMILES string of the molecule is C[CH](C)[Sn]1([CH](C)C)[S]c2ccccc2[N]1S(=O)(=O)c1ccccc1N. The molecule has 0 amide bonds. The van der Waals surface area contributed by atoms with Crippen molar-refractivity contribution in [3.05, 3.63) is 48.5 Å². The topological polar surface area (TPSA) is 63.4 Å². The van der Waals surface area contributed by atoms with Crippen molar-refractivity contribution in [2.24, 2.45) is 0 Å². The molecule has 1 heterocycles. The summed E-state index contributed by atoms with van der Waals surface area (Å²) < 4.78 is 29.9. The molecule has 4 nitrogen and oxygen atoms in total. The van der Waals surface area contributed by atoms with Crippen LogP contribution in [0.4, 0.5) is 11.4 Å². The Hall–Kier alpha value is -0.861. The Labute approximate surface area is 157 Å². The monoisotopic (exact) mass is 484 g/mol. The zero-order chi connectivity index (χ0) is 18.4. The molecular weight excluding hydrogens is 459 g/mol. The van der Waals surface area contributed by atoms with Crippen molar-refractivity contribution in [2.75, 3.05) is 8.26 Å². The molecule has 0 aliphatic carbocycles. The third-order valence-corrected chi connectivity index (χ3v) is 36.3. The standard InChI is InChI=1S/C12H11N2O2S2.2C3H7.Sn/c13-9-5-1-4-8-12(9)18(15,16)14-10-6-2-3-7-11(10)17;2*1-3-2;/h1-8,17H,13H2;2*3H,1-2H3;/q-1;;;+2/p-1. The van der Waals surface area contributed by atoms with Gasteiger partial charge in [0, 0.05) is 0 Å². The van der Waals surface area contributed by atoms with Crippen LogP contribution in [-0.2, 0) is 10.0 Å². The summed E-state index contributed by atoms with van der Waals surface area (Å²) in [6, 6.07) is 14.7. The third kappa shape index (κ3) is 2.86. The molecule has 0 unspecified atom stereocenters. The average Bonchev–Trinajstić information content (AvgIpc) is 2.92. The van der Waals surface area contributed by atoms with E-state index in [1.165, 1.54) is 0 Å². The van der Waals surface area contributed by atoms with E-state index >= 15 is 0 Å². The van der Waals surface area contributed by atoms with Crippen LogP contribution in [0.25, 0.3) is 0 Å². The molecule has 0 bridgehead atoms. The zero-order valence-corrected chi connectivity index (χ0v) is 19.4. The summed E-state index contributed by atoms with van der Waals surface area (Å²) in [4.78, 5) is 1.30. The van der Waals surface area contributed by atoms with Crippen LogP contribution < -0.4 is 8.26 Å². The zero-order valence-electron chi connectivity index (χ0n) is 14.9. The van der Waals surface area contributed by atoms with Gasteiger partial charge in [0.2, 0.25) is 0 Å². The van der Waals surface area contributed by atoms with Gasteiger partial charge >= 0.3 is 158 Å². The van der Waals surface area contributed by atoms with E-state index in [0.717, 1.165) is 10.6 Å². The number of hydrogen-bond donors (Lipinski definition) is 1. The van der Waals surface area contributed by atoms with Gasteiger partial charge in [-0.25, -0.2) is 0 Å². The van der Waals surface area contributed by atoms with Gasteiger partial charge in [-0.2, -0.15) is 0 Å². The summed E-state index contributed by atoms with van der Waals surface area (Å²) >= 11 is -3.41. The Balaban J connectivity index is 2.31. The van der Waals surface area contributed by atoms with E-state index in [4.69, 9.17) is 5.73 Å². The second-order valence-corrected chi connectivity index (χ2v) is 28.6. The van der Waals surface area contributed by atoms with Crippen molar-refractivity contribution < 1.29 is 8.42 Å². The minimum absolute atomic E-state index is 0.217. The summed E-state index contributed by atoms with van der Waals surface area (Å²) in [5, 5.41) is 0. The molecule has 0 saturated carbocycles. The van der Waals surface area contributed by atoms with Crippen molar-refractivity contribution in [2.45, 2.75) is 45.4 Å². The number of hydrogen-bond acceptors (Lipinski definition) is 4. The van der Waals surface area contributed by atoms with E-state index in [9.17, 15) is 8.42 Å². The molecule has 0 aromatic heterocycles. The maximum atomic E-state index is 13.7. The van der Waals surface area contributed by atoms with Crippen molar-refractivity contribution in [3.8, 4) is 0 Å². The van der Waals surface area contributed by atoms with Crippen molar-refractivity contribution in [3.63, 3.8) is 0 Å². The van der Waals surface area contributed by atoms with E-state index in [2.05, 4.69) is 27.7 Å². The molecule has 2 N–H and O–H groups in total. The van der Waals surface area contributed by atoms with Crippen molar-refractivity contribution in [1.29, 1.82) is 0 Å². The van der Waals surface area contributed by atoms with Crippen molar-refractivity contribution in [1.82, 2.24) is 0 Å². The molecule has 0 atom stereocenters. The Morgan fingerprint density at radius 3 is 2.12 bits per heavy atom. The molecular formula is C18H24N2O2S2Sn. The maximum absolute atomic E-state index is 13.7. The minimum atomic E-state index is -3.70. The van der Waals surface area contributed by atoms with Crippen LogP contribution in [0.2, 0.25) is 7.87 Å². The molecule has 134 valence electrons. The van der Waals surface area contributed by atoms with Crippen LogP contribution in [0.1, 0.15) is 27.7 Å². The van der Waals surface area contributed by atoms with E-state index in [1.54, 1.807) is 24.3 Å². The Bertz CT molecular complexity index is 889. The second-order valence-electron chi connectivity index (χ2n) is 6.94. The van der Waals surface area contributed by atoms with Gasteiger partial charge in [0.05, 0.1) is 0 Å². The number of anilines is 2. The van der Waals surface area contributed by atoms with Gasteiger partial charge in [0.15, 0.2) is 0 Å². The quantitative estimate of drug-likeness (QED) is 0.500. The molecule has 25 heavy (non-hydrogen) atoms. The normalized spacial score (nSPS) is 16.5. The molecule has 2 aromatic rings. The second kappa shape index (κ2) is 6.70. The summed E-state index contributed by atoms with van der Waals surface area (Å²) in [6.45, 7) is 8.69. The predicted octanol–water partition coefficient (Wildman–Crippen LogP) is 4.83. The summed E-state index contributed by atoms with van der Waals surface area (Å²) in [6.07, 6.45) is 0. The summed E-state index contributed by atoms with van der Waals surface area (Å²) in [7, 11) is -1.85. The first-order chi connectivity index (χ1) is 11.7. The first-order valence-corrected chi connectivity index (χ1v) is 18.7. The van der Waals surface area contributed by atoms with Crippen LogP contribution in [0, 0.1) is 0 Å². The molecule has 0 saturated heterocycles. The van der Waals surface area contributed by atoms with Crippen LogP contribution >= 0.6 is 8.95 Å². The van der Waals surface area contributed by atoms with Gasteiger partial charge < -0.3 is 0 Å². The van der Waals surface area contributed by atoms with Crippen LogP contribution in [0.15, 0.2) is 58.3 Å². The molecule has 3 rings (SSSR count). The van der Waals surface area contributed by atoms with Crippen LogP contribution in [0.3, 0.4) is 0 Å². The molecule has 0 radical (unpaired) electrons. The molecule has 0 spiro atoms.